The molecule has 0 saturated heterocycles. The number of carbonyl (C=O) groups excluding carboxylic acids is 2. The molecule has 0 aliphatic rings. The summed E-state index contributed by atoms with van der Waals surface area (Å²) in [6.07, 6.45) is 1.44. The first-order chi connectivity index (χ1) is 14.5. The van der Waals surface area contributed by atoms with Crippen molar-refractivity contribution in [2.24, 2.45) is 0 Å². The van der Waals surface area contributed by atoms with E-state index in [9.17, 15) is 9.59 Å². The lowest BCUT2D eigenvalue weighted by Gasteiger charge is -2.14. The van der Waals surface area contributed by atoms with Gasteiger partial charge in [-0.25, -0.2) is 4.98 Å². The lowest BCUT2D eigenvalue weighted by atomic mass is 10.2. The summed E-state index contributed by atoms with van der Waals surface area (Å²) in [5.74, 6) is -0.0465. The first-order valence-corrected chi connectivity index (χ1v) is 9.76. The van der Waals surface area contributed by atoms with E-state index in [2.05, 4.69) is 31.5 Å². The molecule has 0 aliphatic heterocycles. The molecule has 0 fully saturated rings. The molecule has 0 spiro atoms. The molecule has 3 aromatic rings. The zero-order valence-corrected chi connectivity index (χ0v) is 17.5. The van der Waals surface area contributed by atoms with Gasteiger partial charge in [0.25, 0.3) is 5.91 Å². The predicted molar refractivity (Wildman–Crippen MR) is 115 cm³/mol. The number of halogens is 1. The Morgan fingerprint density at radius 1 is 1.10 bits per heavy atom. The monoisotopic (exact) mass is 464 g/mol. The zero-order valence-electron chi connectivity index (χ0n) is 15.9. The van der Waals surface area contributed by atoms with Crippen LogP contribution < -0.4 is 15.4 Å². The summed E-state index contributed by atoms with van der Waals surface area (Å²) < 4.78 is 6.47. The molecular weight excluding hydrogens is 448 g/mol. The quantitative estimate of drug-likeness (QED) is 0.566. The first-order valence-electron chi connectivity index (χ1n) is 8.96. The molecule has 0 bridgehead atoms. The largest absolute Gasteiger partial charge is 0.438 e. The smallest absolute Gasteiger partial charge is 0.251 e. The Kier molecular flexibility index (Phi) is 6.78. The van der Waals surface area contributed by atoms with E-state index in [4.69, 9.17) is 10.00 Å². The van der Waals surface area contributed by atoms with E-state index in [0.29, 0.717) is 22.6 Å². The minimum Gasteiger partial charge on any atom is -0.438 e. The highest BCUT2D eigenvalue weighted by molar-refractivity contribution is 9.10. The minimum atomic E-state index is -0.750. The molecule has 0 aliphatic carbocycles. The van der Waals surface area contributed by atoms with Gasteiger partial charge in [-0.05, 0) is 49.4 Å². The van der Waals surface area contributed by atoms with E-state index >= 15 is 0 Å². The van der Waals surface area contributed by atoms with E-state index in [-0.39, 0.29) is 17.7 Å². The van der Waals surface area contributed by atoms with Crippen LogP contribution in [0.5, 0.6) is 11.6 Å². The highest BCUT2D eigenvalue weighted by Crippen LogP contribution is 2.23. The number of rotatable bonds is 6. The van der Waals surface area contributed by atoms with E-state index in [1.54, 1.807) is 67.6 Å². The van der Waals surface area contributed by atoms with Gasteiger partial charge in [-0.2, -0.15) is 5.26 Å². The highest BCUT2D eigenvalue weighted by atomic mass is 79.9. The Bertz CT molecular complexity index is 1090. The maximum atomic E-state index is 12.4. The molecule has 2 amide bonds. The number of para-hydroxylation sites is 1. The first kappa shape index (κ1) is 21.0. The number of nitrogens with one attached hydrogen (secondary N) is 2. The van der Waals surface area contributed by atoms with Crippen molar-refractivity contribution in [1.82, 2.24) is 10.3 Å². The van der Waals surface area contributed by atoms with Crippen LogP contribution in [0.15, 0.2) is 71.3 Å². The predicted octanol–water partition coefficient (Wildman–Crippen LogP) is 4.27. The molecule has 0 radical (unpaired) electrons. The van der Waals surface area contributed by atoms with Gasteiger partial charge in [0.2, 0.25) is 11.8 Å². The molecule has 2 aromatic carbocycles. The Morgan fingerprint density at radius 3 is 2.50 bits per heavy atom. The van der Waals surface area contributed by atoms with Crippen LogP contribution >= 0.6 is 15.9 Å². The van der Waals surface area contributed by atoms with Crippen molar-refractivity contribution in [1.29, 1.82) is 5.26 Å². The topological polar surface area (TPSA) is 104 Å². The van der Waals surface area contributed by atoms with Crippen molar-refractivity contribution in [2.75, 3.05) is 5.32 Å². The molecule has 7 nitrogen and oxygen atoms in total. The van der Waals surface area contributed by atoms with E-state index in [1.165, 1.54) is 6.20 Å². The number of aromatic nitrogens is 1. The van der Waals surface area contributed by atoms with Gasteiger partial charge in [0.15, 0.2) is 0 Å². The Morgan fingerprint density at radius 2 is 1.83 bits per heavy atom. The van der Waals surface area contributed by atoms with Crippen molar-refractivity contribution >= 4 is 33.4 Å². The fourth-order valence-electron chi connectivity index (χ4n) is 2.47. The van der Waals surface area contributed by atoms with Crippen molar-refractivity contribution in [3.05, 3.63) is 82.5 Å². The summed E-state index contributed by atoms with van der Waals surface area (Å²) in [6, 6.07) is 18.2. The average Bonchev–Trinajstić information content (AvgIpc) is 2.75. The minimum absolute atomic E-state index is 0.285. The lowest BCUT2D eigenvalue weighted by molar-refractivity contribution is -0.117. The molecule has 2 N–H and O–H groups in total. The van der Waals surface area contributed by atoms with Crippen molar-refractivity contribution < 1.29 is 14.3 Å². The third kappa shape index (κ3) is 5.43. The summed E-state index contributed by atoms with van der Waals surface area (Å²) in [5.41, 5.74) is 1.30. The van der Waals surface area contributed by atoms with Gasteiger partial charge in [-0.15, -0.1) is 0 Å². The van der Waals surface area contributed by atoms with Crippen molar-refractivity contribution in [3.8, 4) is 17.7 Å². The number of amides is 2. The molecule has 150 valence electrons. The van der Waals surface area contributed by atoms with Gasteiger partial charge < -0.3 is 15.4 Å². The van der Waals surface area contributed by atoms with Crippen LogP contribution in [-0.2, 0) is 4.79 Å². The Balaban J connectivity index is 1.58. The Hall–Kier alpha value is -3.70. The molecule has 0 unspecified atom stereocenters. The summed E-state index contributed by atoms with van der Waals surface area (Å²) in [7, 11) is 0. The number of nitriles is 1. The van der Waals surface area contributed by atoms with Crippen LogP contribution in [0.2, 0.25) is 0 Å². The molecule has 1 heterocycles. The number of pyridine rings is 1. The standard InChI is InChI=1S/C22H17BrN4O3/c1-14(26-22(29)15-6-8-17(23)9-7-15)21(28)27-18-10-11-20(25-13-18)30-19-5-3-2-4-16(19)12-24/h2-11,13-14H,1H3,(H,26,29)(H,27,28)/t14-/m0/s1. The van der Waals surface area contributed by atoms with Gasteiger partial charge in [0, 0.05) is 16.1 Å². The van der Waals surface area contributed by atoms with Crippen LogP contribution in [0.25, 0.3) is 0 Å². The van der Waals surface area contributed by atoms with Gasteiger partial charge >= 0.3 is 0 Å². The summed E-state index contributed by atoms with van der Waals surface area (Å²) >= 11 is 3.31. The second kappa shape index (κ2) is 9.67. The summed E-state index contributed by atoms with van der Waals surface area (Å²) in [6.45, 7) is 1.59. The van der Waals surface area contributed by atoms with E-state index in [0.717, 1.165) is 4.47 Å². The number of carbonyl (C=O) groups is 2. The second-order valence-electron chi connectivity index (χ2n) is 6.29. The van der Waals surface area contributed by atoms with Crippen LogP contribution in [0, 0.1) is 11.3 Å². The zero-order chi connectivity index (χ0) is 21.5. The number of nitrogens with zero attached hydrogens (tertiary/aromatic N) is 2. The molecule has 8 heteroatoms. The molecule has 1 atom stereocenters. The maximum Gasteiger partial charge on any atom is 0.251 e. The second-order valence-corrected chi connectivity index (χ2v) is 7.20. The summed E-state index contributed by atoms with van der Waals surface area (Å²) in [5, 5.41) is 14.4. The van der Waals surface area contributed by atoms with E-state index in [1.807, 2.05) is 6.07 Å². The maximum absolute atomic E-state index is 12.4. The number of anilines is 1. The van der Waals surface area contributed by atoms with Crippen molar-refractivity contribution in [3.63, 3.8) is 0 Å². The molecule has 1 aromatic heterocycles. The fourth-order valence-corrected chi connectivity index (χ4v) is 2.74. The normalized spacial score (nSPS) is 11.1. The van der Waals surface area contributed by atoms with Gasteiger partial charge in [-0.1, -0.05) is 28.1 Å². The number of benzene rings is 2. The number of hydrogen-bond donors (Lipinski definition) is 2. The number of hydrogen-bond acceptors (Lipinski definition) is 5. The third-order valence-electron chi connectivity index (χ3n) is 4.07. The van der Waals surface area contributed by atoms with Crippen molar-refractivity contribution in [2.45, 2.75) is 13.0 Å². The summed E-state index contributed by atoms with van der Waals surface area (Å²) in [4.78, 5) is 28.7. The number of ether oxygens (including phenoxy) is 1. The average molecular weight is 465 g/mol. The molecular formula is C22H17BrN4O3. The Labute approximate surface area is 181 Å². The molecule has 0 saturated carbocycles. The highest BCUT2D eigenvalue weighted by Gasteiger charge is 2.17. The van der Waals surface area contributed by atoms with Crippen LogP contribution in [-0.4, -0.2) is 22.8 Å². The van der Waals surface area contributed by atoms with Gasteiger partial charge in [-0.3, -0.25) is 9.59 Å². The van der Waals surface area contributed by atoms with Gasteiger partial charge in [0.05, 0.1) is 17.4 Å². The van der Waals surface area contributed by atoms with Crippen LogP contribution in [0.3, 0.4) is 0 Å². The van der Waals surface area contributed by atoms with Crippen LogP contribution in [0.4, 0.5) is 5.69 Å². The molecule has 30 heavy (non-hydrogen) atoms. The SMILES string of the molecule is C[C@H](NC(=O)c1ccc(Br)cc1)C(=O)Nc1ccc(Oc2ccccc2C#N)nc1. The molecule has 3 rings (SSSR count). The lowest BCUT2D eigenvalue weighted by Crippen LogP contribution is -2.41. The fraction of sp³-hybridized carbons (Fsp3) is 0.0909. The van der Waals surface area contributed by atoms with Crippen LogP contribution in [0.1, 0.15) is 22.8 Å². The van der Waals surface area contributed by atoms with Gasteiger partial charge in [0.1, 0.15) is 17.9 Å². The third-order valence-corrected chi connectivity index (χ3v) is 4.60. The van der Waals surface area contributed by atoms with E-state index < -0.39 is 6.04 Å².